The number of rotatable bonds is 1. The van der Waals surface area contributed by atoms with Crippen molar-refractivity contribution in [1.29, 1.82) is 0 Å². The molecule has 116 valence electrons. The summed E-state index contributed by atoms with van der Waals surface area (Å²) in [5.41, 5.74) is -0.766. The molecular weight excluding hydrogens is 283 g/mol. The molecule has 1 aliphatic rings. The summed E-state index contributed by atoms with van der Waals surface area (Å²) in [7, 11) is 0. The van der Waals surface area contributed by atoms with Crippen LogP contribution in [-0.4, -0.2) is 29.3 Å². The summed E-state index contributed by atoms with van der Waals surface area (Å²) in [4.78, 5) is 13.2. The third kappa shape index (κ3) is 3.68. The topological polar surface area (TPSA) is 29.5 Å². The molecule has 21 heavy (non-hydrogen) atoms. The van der Waals surface area contributed by atoms with E-state index >= 15 is 0 Å². The molecule has 1 heterocycles. The van der Waals surface area contributed by atoms with E-state index in [1.165, 1.54) is 0 Å². The van der Waals surface area contributed by atoms with Crippen molar-refractivity contribution in [2.75, 3.05) is 6.54 Å². The van der Waals surface area contributed by atoms with Crippen LogP contribution in [0.2, 0.25) is 0 Å². The van der Waals surface area contributed by atoms with Crippen molar-refractivity contribution in [1.82, 2.24) is 4.90 Å². The van der Waals surface area contributed by atoms with Gasteiger partial charge in [0, 0.05) is 12.0 Å². The average Bonchev–Trinajstić information content (AvgIpc) is 2.72. The molecule has 2 atom stereocenters. The Morgan fingerprint density at radius 3 is 2.62 bits per heavy atom. The number of amides is 1. The number of nitrogens with zero attached hydrogens (tertiary/aromatic N) is 1. The molecular formula is C15H18F3NO2. The quantitative estimate of drug-likeness (QED) is 0.785. The fraction of sp³-hybridized carbons (Fsp3) is 0.533. The molecule has 1 aliphatic heterocycles. The van der Waals surface area contributed by atoms with Gasteiger partial charge in [0.05, 0.1) is 12.6 Å². The molecule has 3 nitrogen and oxygen atoms in total. The molecule has 0 N–H and O–H groups in total. The van der Waals surface area contributed by atoms with Gasteiger partial charge in [-0.25, -0.2) is 18.0 Å². The lowest BCUT2D eigenvalue weighted by Crippen LogP contribution is -2.37. The van der Waals surface area contributed by atoms with Crippen LogP contribution in [-0.2, 0) is 4.74 Å². The molecule has 0 saturated carbocycles. The van der Waals surface area contributed by atoms with E-state index in [2.05, 4.69) is 0 Å². The lowest BCUT2D eigenvalue weighted by molar-refractivity contribution is 0.0214. The van der Waals surface area contributed by atoms with Gasteiger partial charge in [0.1, 0.15) is 23.4 Å². The zero-order valence-corrected chi connectivity index (χ0v) is 12.2. The number of benzene rings is 1. The summed E-state index contributed by atoms with van der Waals surface area (Å²) >= 11 is 0. The van der Waals surface area contributed by atoms with Crippen LogP contribution in [0.25, 0.3) is 0 Å². The Hall–Kier alpha value is -1.72. The van der Waals surface area contributed by atoms with E-state index in [9.17, 15) is 18.0 Å². The van der Waals surface area contributed by atoms with Crippen molar-refractivity contribution >= 4 is 6.09 Å². The van der Waals surface area contributed by atoms with E-state index in [1.54, 1.807) is 20.8 Å². The Morgan fingerprint density at radius 2 is 2.00 bits per heavy atom. The van der Waals surface area contributed by atoms with Crippen molar-refractivity contribution < 1.29 is 22.7 Å². The zero-order chi connectivity index (χ0) is 15.8. The maximum atomic E-state index is 13.9. The molecule has 0 aromatic heterocycles. The highest BCUT2D eigenvalue weighted by Crippen LogP contribution is 2.36. The fourth-order valence-electron chi connectivity index (χ4n) is 2.37. The van der Waals surface area contributed by atoms with Gasteiger partial charge in [-0.3, -0.25) is 4.90 Å². The predicted octanol–water partition coefficient (Wildman–Crippen LogP) is 3.98. The molecule has 2 rings (SSSR count). The van der Waals surface area contributed by atoms with Crippen molar-refractivity contribution in [3.63, 3.8) is 0 Å². The maximum Gasteiger partial charge on any atom is 0.410 e. The second kappa shape index (κ2) is 5.58. The first kappa shape index (κ1) is 15.7. The highest BCUT2D eigenvalue weighted by molar-refractivity contribution is 5.69. The van der Waals surface area contributed by atoms with Crippen molar-refractivity contribution in [3.05, 3.63) is 35.4 Å². The second-order valence-electron chi connectivity index (χ2n) is 6.15. The molecule has 1 amide bonds. The van der Waals surface area contributed by atoms with Gasteiger partial charge in [0.2, 0.25) is 0 Å². The van der Waals surface area contributed by atoms with E-state index in [0.29, 0.717) is 0 Å². The van der Waals surface area contributed by atoms with E-state index in [-0.39, 0.29) is 18.5 Å². The van der Waals surface area contributed by atoms with Crippen LogP contribution in [0, 0.1) is 11.6 Å². The molecule has 1 aromatic carbocycles. The molecule has 1 fully saturated rings. The molecule has 0 radical (unpaired) electrons. The Kier molecular flexibility index (Phi) is 4.16. The zero-order valence-electron chi connectivity index (χ0n) is 12.2. The van der Waals surface area contributed by atoms with Crippen LogP contribution >= 0.6 is 0 Å². The van der Waals surface area contributed by atoms with E-state index in [1.807, 2.05) is 0 Å². The Bertz CT molecular complexity index is 542. The van der Waals surface area contributed by atoms with Gasteiger partial charge in [-0.1, -0.05) is 0 Å². The smallest absolute Gasteiger partial charge is 0.410 e. The fourth-order valence-corrected chi connectivity index (χ4v) is 2.37. The summed E-state index contributed by atoms with van der Waals surface area (Å²) < 4.78 is 46.0. The van der Waals surface area contributed by atoms with Crippen LogP contribution in [0.5, 0.6) is 0 Å². The molecule has 0 spiro atoms. The Morgan fingerprint density at radius 1 is 1.33 bits per heavy atom. The number of carbonyl (C=O) groups is 1. The van der Waals surface area contributed by atoms with E-state index in [4.69, 9.17) is 4.74 Å². The third-order valence-corrected chi connectivity index (χ3v) is 3.20. The van der Waals surface area contributed by atoms with Crippen LogP contribution in [0.1, 0.15) is 38.8 Å². The van der Waals surface area contributed by atoms with E-state index < -0.39 is 35.5 Å². The summed E-state index contributed by atoms with van der Waals surface area (Å²) in [6, 6.07) is 2.10. The first-order valence-corrected chi connectivity index (χ1v) is 6.76. The maximum absolute atomic E-state index is 13.9. The summed E-state index contributed by atoms with van der Waals surface area (Å²) in [5.74, 6) is -1.29. The Labute approximate surface area is 121 Å². The standard InChI is InChI=1S/C15H18F3NO2/c1-15(2,3)21-14(20)19-8-10(17)7-13(19)11-6-9(16)4-5-12(11)18/h4-6,10,13H,7-8H2,1-3H3/t10-,13+/m0/s1. The van der Waals surface area contributed by atoms with Gasteiger partial charge in [-0.05, 0) is 39.0 Å². The number of carbonyl (C=O) groups excluding carboxylic acids is 1. The predicted molar refractivity (Wildman–Crippen MR) is 71.6 cm³/mol. The lowest BCUT2D eigenvalue weighted by atomic mass is 10.0. The van der Waals surface area contributed by atoms with Crippen molar-refractivity contribution in [2.45, 2.75) is 45.0 Å². The lowest BCUT2D eigenvalue weighted by Gasteiger charge is -2.28. The van der Waals surface area contributed by atoms with Gasteiger partial charge in [0.25, 0.3) is 0 Å². The number of hydrogen-bond acceptors (Lipinski definition) is 2. The summed E-state index contributed by atoms with van der Waals surface area (Å²) in [5, 5.41) is 0. The largest absolute Gasteiger partial charge is 0.444 e. The third-order valence-electron chi connectivity index (χ3n) is 3.20. The number of hydrogen-bond donors (Lipinski definition) is 0. The van der Waals surface area contributed by atoms with Gasteiger partial charge in [-0.2, -0.15) is 0 Å². The molecule has 0 unspecified atom stereocenters. The van der Waals surface area contributed by atoms with Crippen LogP contribution in [0.4, 0.5) is 18.0 Å². The van der Waals surface area contributed by atoms with Crippen LogP contribution < -0.4 is 0 Å². The molecule has 6 heteroatoms. The highest BCUT2D eigenvalue weighted by atomic mass is 19.1. The van der Waals surface area contributed by atoms with E-state index in [0.717, 1.165) is 23.1 Å². The summed E-state index contributed by atoms with van der Waals surface area (Å²) in [6.07, 6.45) is -2.08. The Balaban J connectivity index is 2.28. The highest BCUT2D eigenvalue weighted by Gasteiger charge is 2.39. The second-order valence-corrected chi connectivity index (χ2v) is 6.15. The van der Waals surface area contributed by atoms with Crippen LogP contribution in [0.15, 0.2) is 18.2 Å². The average molecular weight is 301 g/mol. The molecule has 1 aromatic rings. The SMILES string of the molecule is CC(C)(C)OC(=O)N1C[C@@H](F)C[C@@H]1c1cc(F)ccc1F. The van der Waals surface area contributed by atoms with Crippen molar-refractivity contribution in [3.8, 4) is 0 Å². The number of halogens is 3. The minimum atomic E-state index is -1.29. The van der Waals surface area contributed by atoms with Gasteiger partial charge in [-0.15, -0.1) is 0 Å². The van der Waals surface area contributed by atoms with Gasteiger partial charge >= 0.3 is 6.09 Å². The monoisotopic (exact) mass is 301 g/mol. The first-order chi connectivity index (χ1) is 9.67. The first-order valence-electron chi connectivity index (χ1n) is 6.76. The van der Waals surface area contributed by atoms with Gasteiger partial charge in [0.15, 0.2) is 0 Å². The number of likely N-dealkylation sites (tertiary alicyclic amines) is 1. The van der Waals surface area contributed by atoms with Crippen LogP contribution in [0.3, 0.4) is 0 Å². The molecule has 0 aliphatic carbocycles. The number of ether oxygens (including phenoxy) is 1. The normalized spacial score (nSPS) is 22.5. The molecule has 0 bridgehead atoms. The number of alkyl halides is 1. The minimum absolute atomic E-state index is 0.0268. The van der Waals surface area contributed by atoms with Crippen molar-refractivity contribution in [2.24, 2.45) is 0 Å². The van der Waals surface area contributed by atoms with Gasteiger partial charge < -0.3 is 4.74 Å². The minimum Gasteiger partial charge on any atom is -0.444 e. The summed E-state index contributed by atoms with van der Waals surface area (Å²) in [6.45, 7) is 4.87. The molecule has 1 saturated heterocycles.